The Labute approximate surface area is 886 Å². The van der Waals surface area contributed by atoms with Crippen LogP contribution in [0.15, 0.2) is 0 Å². The second-order valence-corrected chi connectivity index (χ2v) is 58.0. The van der Waals surface area contributed by atoms with Crippen molar-refractivity contribution < 1.29 is 38.4 Å². The van der Waals surface area contributed by atoms with Crippen LogP contribution in [-0.2, 0) is 38.4 Å². The first-order chi connectivity index (χ1) is 65.4. The van der Waals surface area contributed by atoms with Crippen molar-refractivity contribution in [3.63, 3.8) is 0 Å². The van der Waals surface area contributed by atoms with Gasteiger partial charge in [-0.25, -0.2) is 0 Å². The predicted octanol–water partition coefficient (Wildman–Crippen LogP) is 14.4. The van der Waals surface area contributed by atoms with E-state index in [1.165, 1.54) is 45.7 Å². The average molecular weight is 2040 g/mol. The predicted molar refractivity (Wildman–Crippen MR) is 608 cm³/mol. The summed E-state index contributed by atoms with van der Waals surface area (Å²) in [7, 11) is 0. The maximum absolute atomic E-state index is 12.2. The lowest BCUT2D eigenvalue weighted by atomic mass is 9.92. The minimum atomic E-state index is 0.0294. The molecule has 0 bridgehead atoms. The lowest BCUT2D eigenvalue weighted by Crippen LogP contribution is -2.55. The van der Waals surface area contributed by atoms with Crippen LogP contribution in [0.4, 0.5) is 0 Å². The Morgan fingerprint density at radius 1 is 0.153 bits per heavy atom. The zero-order valence-electron chi connectivity index (χ0n) is 102. The minimum Gasteiger partial charge on any atom is -0.340 e. The molecule has 8 amide bonds. The van der Waals surface area contributed by atoms with Crippen LogP contribution in [0.5, 0.6) is 0 Å². The molecule has 0 aromatic heterocycles. The molecule has 29 nitrogen and oxygen atoms in total. The number of carbonyl (C=O) groups excluding carboxylic acids is 8. The summed E-state index contributed by atoms with van der Waals surface area (Å²) < 4.78 is 0. The highest BCUT2D eigenvalue weighted by atomic mass is 16.2. The second-order valence-electron chi connectivity index (χ2n) is 58.0. The molecule has 29 heteroatoms. The summed E-state index contributed by atoms with van der Waals surface area (Å²) in [4.78, 5) is 126. The number of nitrogens with one attached hydrogen (secondary N) is 7. The van der Waals surface area contributed by atoms with Crippen LogP contribution in [0.2, 0.25) is 0 Å². The van der Waals surface area contributed by atoms with E-state index in [2.05, 4.69) is 357 Å². The summed E-state index contributed by atoms with van der Waals surface area (Å²) in [6.45, 7) is 127. The molecule has 0 spiro atoms. The molecular weight excluding hydrogens is 1800 g/mol. The normalized spacial score (nSPS) is 18.4. The lowest BCUT2D eigenvalue weighted by Gasteiger charge is -2.36. The Morgan fingerprint density at radius 3 is 0.562 bits per heavy atom. The molecule has 7 rings (SSSR count). The molecule has 0 radical (unpaired) electrons. The zero-order valence-corrected chi connectivity index (χ0v) is 102. The van der Waals surface area contributed by atoms with Gasteiger partial charge in [-0.1, -0.05) is 145 Å². The van der Waals surface area contributed by atoms with Crippen LogP contribution in [0.1, 0.15) is 355 Å². The molecule has 0 aliphatic carbocycles. The molecular formula is C115H235N21O8. The molecule has 7 aliphatic heterocycles. The number of amides is 8. The third-order valence-electron chi connectivity index (χ3n) is 25.9. The van der Waals surface area contributed by atoms with Gasteiger partial charge in [0.2, 0.25) is 47.3 Å². The Hall–Kier alpha value is -4.76. The molecule has 7 N–H and O–H groups in total. The van der Waals surface area contributed by atoms with Gasteiger partial charge < -0.3 is 81.3 Å². The summed E-state index contributed by atoms with van der Waals surface area (Å²) >= 11 is 0. The first-order valence-electron chi connectivity index (χ1n) is 56.2. The van der Waals surface area contributed by atoms with Gasteiger partial charge >= 0.3 is 0 Å². The van der Waals surface area contributed by atoms with Gasteiger partial charge in [0.15, 0.2) is 0 Å². The fraction of sp³-hybridized carbons (Fsp3) is 0.930. The summed E-state index contributed by atoms with van der Waals surface area (Å²) in [5, 5.41) is 24.2. The Bertz CT molecular complexity index is 3600. The topological polar surface area (TPSA) is 266 Å². The van der Waals surface area contributed by atoms with Crippen molar-refractivity contribution in [1.82, 2.24) is 106 Å². The van der Waals surface area contributed by atoms with Crippen molar-refractivity contribution in [3.05, 3.63) is 0 Å². The molecule has 848 valence electrons. The summed E-state index contributed by atoms with van der Waals surface area (Å²) in [5.74, 6) is 1.43. The maximum atomic E-state index is 12.2. The van der Waals surface area contributed by atoms with Crippen LogP contribution in [0.25, 0.3) is 0 Å². The van der Waals surface area contributed by atoms with Gasteiger partial charge in [0, 0.05) is 209 Å². The molecule has 0 atom stereocenters. The van der Waals surface area contributed by atoms with E-state index in [1.54, 1.807) is 19.6 Å². The van der Waals surface area contributed by atoms with Crippen molar-refractivity contribution >= 4 is 47.3 Å². The van der Waals surface area contributed by atoms with E-state index >= 15 is 0 Å². The van der Waals surface area contributed by atoms with E-state index in [-0.39, 0.29) is 111 Å². The third-order valence-corrected chi connectivity index (χ3v) is 25.9. The van der Waals surface area contributed by atoms with Gasteiger partial charge in [0.1, 0.15) is 0 Å². The van der Waals surface area contributed by atoms with Crippen LogP contribution in [0.3, 0.4) is 0 Å². The van der Waals surface area contributed by atoms with E-state index in [1.807, 2.05) is 19.6 Å². The highest BCUT2D eigenvalue weighted by Crippen LogP contribution is 2.27. The molecule has 0 unspecified atom stereocenters. The fourth-order valence-electron chi connectivity index (χ4n) is 16.1. The molecule has 7 heterocycles. The Kier molecular flexibility index (Phi) is 60.1. The minimum absolute atomic E-state index is 0.0294. The fourth-order valence-corrected chi connectivity index (χ4v) is 16.1. The molecule has 0 aromatic carbocycles. The van der Waals surface area contributed by atoms with Crippen molar-refractivity contribution in [3.8, 4) is 0 Å². The highest BCUT2D eigenvalue weighted by molar-refractivity contribution is 5.93. The van der Waals surface area contributed by atoms with Crippen molar-refractivity contribution in [2.45, 2.75) is 394 Å². The summed E-state index contributed by atoms with van der Waals surface area (Å²) in [6.07, 6.45) is 10.6. The Balaban J connectivity index is 0.000000840. The largest absolute Gasteiger partial charge is 0.340 e. The lowest BCUT2D eigenvalue weighted by molar-refractivity contribution is -0.150. The summed E-state index contributed by atoms with van der Waals surface area (Å²) in [6, 6.07) is 0. The SMILES string of the molecule is CC(C)(C)CCN1CC(=O)N(CCCNC(C)(C)C)CC1=O.CC(C)(C)CCN1CC(=O)N(CCNC(C)(C)C)CC1=O.CC(C)(C)CCN1CCN(CCCNC(C)(C)C)C(=O)C1.CC(C)(C)CCN1CCN(CCCNC(C)(C)C)CC1=O.CC(C)(C)CCN1CCN(CCNC(C)(C)C)C(=O)C1.CC(C)(C)CCN1CCN(CCNC(C)(C)C)CC1.CC(C)(C)CCN1CCN(CCNC(C)(C)C)CC1=O. The zero-order chi connectivity index (χ0) is 111. The van der Waals surface area contributed by atoms with E-state index < -0.39 is 0 Å². The van der Waals surface area contributed by atoms with Crippen molar-refractivity contribution in [2.24, 2.45) is 37.9 Å². The molecule has 0 saturated carbocycles. The van der Waals surface area contributed by atoms with Crippen LogP contribution in [-0.4, -0.2) is 423 Å². The second kappa shape index (κ2) is 63.0. The quantitative estimate of drug-likeness (QED) is 0.0283. The molecule has 7 saturated heterocycles. The maximum Gasteiger partial charge on any atom is 0.242 e. The number of nitrogens with zero attached hydrogens (tertiary/aromatic N) is 14. The molecule has 144 heavy (non-hydrogen) atoms. The number of piperazine rings is 7. The number of carbonyl (C=O) groups is 8. The van der Waals surface area contributed by atoms with Crippen molar-refractivity contribution in [1.29, 1.82) is 0 Å². The van der Waals surface area contributed by atoms with E-state index in [0.717, 1.165) is 202 Å². The van der Waals surface area contributed by atoms with Crippen molar-refractivity contribution in [2.75, 3.05) is 268 Å². The van der Waals surface area contributed by atoms with Crippen LogP contribution >= 0.6 is 0 Å². The van der Waals surface area contributed by atoms with E-state index in [9.17, 15) is 38.4 Å². The number of hydrogen-bond donors (Lipinski definition) is 7. The van der Waals surface area contributed by atoms with Gasteiger partial charge in [-0.15, -0.1) is 0 Å². The van der Waals surface area contributed by atoms with Gasteiger partial charge in [-0.3, -0.25) is 62.9 Å². The van der Waals surface area contributed by atoms with Gasteiger partial charge in [0.05, 0.1) is 52.4 Å². The first kappa shape index (κ1) is 137. The smallest absolute Gasteiger partial charge is 0.242 e. The van der Waals surface area contributed by atoms with Crippen LogP contribution in [0, 0.1) is 37.9 Å². The Morgan fingerprint density at radius 2 is 0.306 bits per heavy atom. The third kappa shape index (κ3) is 75.9. The first-order valence-corrected chi connectivity index (χ1v) is 56.2. The van der Waals surface area contributed by atoms with Crippen LogP contribution < -0.4 is 37.2 Å². The van der Waals surface area contributed by atoms with Gasteiger partial charge in [-0.05, 0) is 293 Å². The average Bonchev–Trinajstić information content (AvgIpc) is 0.854. The number of hydrogen-bond acceptors (Lipinski definition) is 21. The van der Waals surface area contributed by atoms with Gasteiger partial charge in [0.25, 0.3) is 0 Å². The summed E-state index contributed by atoms with van der Waals surface area (Å²) in [5.41, 5.74) is 3.10. The molecule has 7 aliphatic rings. The standard InChI is InChI=1S/C17H33N3O2.2C17H35N3O.C16H31N3O2.2C16H33N3O.C16H35N3/c1-16(2,3)8-11-20-13-14(21)19(12-15(20)22)10-7-9-18-17(4,5)6;1-16(2,3)8-11-19-12-13-20(15(21)14-19)10-7-9-18-17(4,5)6;1-16(2,3)8-11-20-13-12-19(14-15(20)21)10-7-9-18-17(4,5)6;1-15(2,3)7-9-18-11-14(21)19(12-13(18)20)10-8-17-16(4,5)6;1-15(2,3)7-9-19-12-11-18(13-14(19)20)10-8-17-16(4,5)6;1-15(2,3)7-9-18-11-12-19(14(20)13-18)10-8-17-16(4,5)6;1-15(2,3)7-9-18-11-13-19(14-12-18)10-8-17-16(4,5)6/h18H,7-13H2,1-6H3;2*18H,7-14H2,1-6H3;17H,7-12H2,1-6H3;2*17H,7-13H2,1-6H3;17H,7-14H2,1-6H3. The van der Waals surface area contributed by atoms with Gasteiger partial charge in [-0.2, -0.15) is 0 Å². The molecule has 7 fully saturated rings. The van der Waals surface area contributed by atoms with E-state index in [0.29, 0.717) is 97.8 Å². The molecule has 0 aromatic rings. The number of rotatable bonds is 38. The van der Waals surface area contributed by atoms with E-state index in [4.69, 9.17) is 0 Å². The monoisotopic (exact) mass is 2040 g/mol. The highest BCUT2D eigenvalue weighted by Gasteiger charge is 2.36.